The Bertz CT molecular complexity index is 914. The molecule has 0 atom stereocenters. The van der Waals surface area contributed by atoms with Crippen molar-refractivity contribution in [2.45, 2.75) is 4.90 Å². The van der Waals surface area contributed by atoms with E-state index >= 15 is 0 Å². The van der Waals surface area contributed by atoms with Gasteiger partial charge in [0, 0.05) is 24.9 Å². The third-order valence-corrected chi connectivity index (χ3v) is 5.58. The van der Waals surface area contributed by atoms with Crippen LogP contribution in [0.15, 0.2) is 47.4 Å². The first kappa shape index (κ1) is 20.5. The van der Waals surface area contributed by atoms with Crippen LogP contribution in [-0.4, -0.2) is 53.6 Å². The Hall–Kier alpha value is -2.78. The number of anilines is 1. The fraction of sp³-hybridized carbons (Fsp3) is 0.278. The molecule has 27 heavy (non-hydrogen) atoms. The van der Waals surface area contributed by atoms with Gasteiger partial charge in [-0.25, -0.2) is 8.42 Å². The summed E-state index contributed by atoms with van der Waals surface area (Å²) in [5.74, 6) is 0.802. The van der Waals surface area contributed by atoms with E-state index in [9.17, 15) is 13.2 Å². The molecule has 0 heterocycles. The van der Waals surface area contributed by atoms with Gasteiger partial charge >= 0.3 is 0 Å². The van der Waals surface area contributed by atoms with Crippen molar-refractivity contribution >= 4 is 21.6 Å². The number of sulfonamides is 1. The van der Waals surface area contributed by atoms with Crippen molar-refractivity contribution in [3.8, 4) is 17.2 Å². The molecule has 0 spiro atoms. The van der Waals surface area contributed by atoms with Crippen LogP contribution in [0.4, 0.5) is 5.69 Å². The average molecular weight is 394 g/mol. The normalized spacial score (nSPS) is 11.1. The third kappa shape index (κ3) is 4.89. The van der Waals surface area contributed by atoms with Gasteiger partial charge in [-0.05, 0) is 24.3 Å². The minimum absolute atomic E-state index is 0.00293. The van der Waals surface area contributed by atoms with E-state index in [1.807, 2.05) is 0 Å². The zero-order valence-corrected chi connectivity index (χ0v) is 16.4. The monoisotopic (exact) mass is 394 g/mol. The first-order valence-electron chi connectivity index (χ1n) is 7.94. The molecular weight excluding hydrogens is 372 g/mol. The highest BCUT2D eigenvalue weighted by Crippen LogP contribution is 2.30. The number of nitrogens with zero attached hydrogens (tertiary/aromatic N) is 1. The molecule has 0 aliphatic rings. The zero-order chi connectivity index (χ0) is 20.0. The van der Waals surface area contributed by atoms with Crippen LogP contribution in [0.5, 0.6) is 17.2 Å². The van der Waals surface area contributed by atoms with Crippen molar-refractivity contribution in [2.24, 2.45) is 0 Å². The quantitative estimate of drug-likeness (QED) is 0.736. The van der Waals surface area contributed by atoms with E-state index in [0.29, 0.717) is 17.2 Å². The summed E-state index contributed by atoms with van der Waals surface area (Å²) >= 11 is 0. The molecule has 1 N–H and O–H groups in total. The molecule has 9 heteroatoms. The van der Waals surface area contributed by atoms with E-state index in [1.54, 1.807) is 24.3 Å². The van der Waals surface area contributed by atoms with E-state index in [-0.39, 0.29) is 17.2 Å². The van der Waals surface area contributed by atoms with Crippen LogP contribution >= 0.6 is 0 Å². The van der Waals surface area contributed by atoms with Gasteiger partial charge in [0.2, 0.25) is 15.9 Å². The van der Waals surface area contributed by atoms with Crippen molar-refractivity contribution in [1.29, 1.82) is 0 Å². The number of hydrogen-bond donors (Lipinski definition) is 1. The summed E-state index contributed by atoms with van der Waals surface area (Å²) in [6.45, 7) is -0.353. The zero-order valence-electron chi connectivity index (χ0n) is 15.6. The number of amides is 1. The summed E-state index contributed by atoms with van der Waals surface area (Å²) in [5.41, 5.74) is 0.510. The smallest absolute Gasteiger partial charge is 0.243 e. The van der Waals surface area contributed by atoms with E-state index < -0.39 is 15.9 Å². The second kappa shape index (κ2) is 8.74. The number of ether oxygens (including phenoxy) is 3. The van der Waals surface area contributed by atoms with Crippen molar-refractivity contribution in [3.05, 3.63) is 42.5 Å². The Morgan fingerprint density at radius 3 is 2.33 bits per heavy atom. The van der Waals surface area contributed by atoms with E-state index in [0.717, 1.165) is 4.31 Å². The van der Waals surface area contributed by atoms with Crippen LogP contribution in [0, 0.1) is 0 Å². The van der Waals surface area contributed by atoms with Gasteiger partial charge in [-0.2, -0.15) is 4.31 Å². The molecule has 0 unspecified atom stereocenters. The van der Waals surface area contributed by atoms with Crippen LogP contribution in [0.3, 0.4) is 0 Å². The minimum atomic E-state index is -3.88. The maximum Gasteiger partial charge on any atom is 0.243 e. The van der Waals surface area contributed by atoms with Crippen molar-refractivity contribution < 1.29 is 27.4 Å². The largest absolute Gasteiger partial charge is 0.497 e. The summed E-state index contributed by atoms with van der Waals surface area (Å²) < 4.78 is 41.7. The Morgan fingerprint density at radius 2 is 1.70 bits per heavy atom. The summed E-state index contributed by atoms with van der Waals surface area (Å²) in [6.07, 6.45) is 0. The first-order valence-corrected chi connectivity index (χ1v) is 9.38. The summed E-state index contributed by atoms with van der Waals surface area (Å²) in [4.78, 5) is 12.2. The standard InChI is InChI=1S/C18H22N2O6S/c1-20(12-18(21)19-13-6-5-7-14(10-13)24-2)27(22,23)15-8-9-16(25-3)17(11-15)26-4/h5-11H,12H2,1-4H3,(H,19,21). The van der Waals surface area contributed by atoms with Crippen LogP contribution in [-0.2, 0) is 14.8 Å². The Kier molecular flexibility index (Phi) is 6.65. The molecule has 0 aliphatic carbocycles. The van der Waals surface area contributed by atoms with Gasteiger partial charge in [0.25, 0.3) is 0 Å². The van der Waals surface area contributed by atoms with E-state index in [4.69, 9.17) is 14.2 Å². The molecule has 0 radical (unpaired) electrons. The molecule has 2 rings (SSSR count). The van der Waals surface area contributed by atoms with Crippen molar-refractivity contribution in [2.75, 3.05) is 40.2 Å². The fourth-order valence-electron chi connectivity index (χ4n) is 2.35. The second-order valence-electron chi connectivity index (χ2n) is 5.56. The van der Waals surface area contributed by atoms with Gasteiger partial charge in [-0.1, -0.05) is 6.07 Å². The predicted octanol–water partition coefficient (Wildman–Crippen LogP) is 1.97. The lowest BCUT2D eigenvalue weighted by Gasteiger charge is -2.18. The number of likely N-dealkylation sites (N-methyl/N-ethyl adjacent to an activating group) is 1. The highest BCUT2D eigenvalue weighted by atomic mass is 32.2. The number of benzene rings is 2. The number of carbonyl (C=O) groups is 1. The van der Waals surface area contributed by atoms with Crippen LogP contribution < -0.4 is 19.5 Å². The molecule has 0 aliphatic heterocycles. The highest BCUT2D eigenvalue weighted by Gasteiger charge is 2.24. The molecule has 0 aromatic heterocycles. The van der Waals surface area contributed by atoms with E-state index in [2.05, 4.69) is 5.32 Å². The lowest BCUT2D eigenvalue weighted by Crippen LogP contribution is -2.35. The van der Waals surface area contributed by atoms with Crippen LogP contribution in [0.2, 0.25) is 0 Å². The number of methoxy groups -OCH3 is 3. The van der Waals surface area contributed by atoms with Crippen LogP contribution in [0.25, 0.3) is 0 Å². The summed E-state index contributed by atoms with van der Waals surface area (Å²) in [7, 11) is 1.84. The number of rotatable bonds is 8. The average Bonchev–Trinajstić information content (AvgIpc) is 2.67. The maximum atomic E-state index is 12.7. The Labute approximate surface area is 158 Å². The number of hydrogen-bond acceptors (Lipinski definition) is 6. The molecule has 1 amide bonds. The Morgan fingerprint density at radius 1 is 1.00 bits per heavy atom. The van der Waals surface area contributed by atoms with Crippen molar-refractivity contribution in [3.63, 3.8) is 0 Å². The number of carbonyl (C=O) groups excluding carboxylic acids is 1. The topological polar surface area (TPSA) is 94.2 Å². The Balaban J connectivity index is 2.13. The van der Waals surface area contributed by atoms with Crippen molar-refractivity contribution in [1.82, 2.24) is 4.31 Å². The lowest BCUT2D eigenvalue weighted by molar-refractivity contribution is -0.116. The highest BCUT2D eigenvalue weighted by molar-refractivity contribution is 7.89. The molecule has 0 saturated heterocycles. The molecule has 146 valence electrons. The minimum Gasteiger partial charge on any atom is -0.497 e. The van der Waals surface area contributed by atoms with Gasteiger partial charge in [-0.15, -0.1) is 0 Å². The third-order valence-electron chi connectivity index (χ3n) is 3.78. The molecular formula is C18H22N2O6S. The van der Waals surface area contributed by atoms with Crippen LogP contribution in [0.1, 0.15) is 0 Å². The summed E-state index contributed by atoms with van der Waals surface area (Å²) in [6, 6.07) is 11.0. The fourth-order valence-corrected chi connectivity index (χ4v) is 3.49. The molecule has 0 saturated carbocycles. The second-order valence-corrected chi connectivity index (χ2v) is 7.60. The summed E-state index contributed by atoms with van der Waals surface area (Å²) in [5, 5.41) is 2.64. The van der Waals surface area contributed by atoms with Gasteiger partial charge in [0.05, 0.1) is 32.8 Å². The SMILES string of the molecule is COc1cccc(NC(=O)CN(C)S(=O)(=O)c2ccc(OC)c(OC)c2)c1. The number of nitrogens with one attached hydrogen (secondary N) is 1. The first-order chi connectivity index (χ1) is 12.8. The van der Waals surface area contributed by atoms with E-state index in [1.165, 1.54) is 46.6 Å². The molecule has 0 fully saturated rings. The van der Waals surface area contributed by atoms with Gasteiger partial charge in [0.1, 0.15) is 5.75 Å². The molecule has 2 aromatic carbocycles. The van der Waals surface area contributed by atoms with Gasteiger partial charge < -0.3 is 19.5 Å². The van der Waals surface area contributed by atoms with Gasteiger partial charge in [-0.3, -0.25) is 4.79 Å². The molecule has 8 nitrogen and oxygen atoms in total. The maximum absolute atomic E-state index is 12.7. The predicted molar refractivity (Wildman–Crippen MR) is 101 cm³/mol. The molecule has 2 aromatic rings. The lowest BCUT2D eigenvalue weighted by atomic mass is 10.3. The molecule has 0 bridgehead atoms. The van der Waals surface area contributed by atoms with Gasteiger partial charge in [0.15, 0.2) is 11.5 Å².